The molecule has 0 saturated carbocycles. The van der Waals surface area contributed by atoms with E-state index in [1.165, 1.54) is 12.3 Å². The number of hydrogen-bond acceptors (Lipinski definition) is 3. The Morgan fingerprint density at radius 2 is 1.95 bits per heavy atom. The van der Waals surface area contributed by atoms with Gasteiger partial charge in [0.05, 0.1) is 17.4 Å². The van der Waals surface area contributed by atoms with Gasteiger partial charge in [0.25, 0.3) is 5.91 Å². The number of carbonyl (C=O) groups excluding carboxylic acids is 1. The largest absolute Gasteiger partial charge is 0.503 e. The van der Waals surface area contributed by atoms with Crippen LogP contribution in [0.25, 0.3) is 0 Å². The standard InChI is InChI=1S/C13H8ClF3N2O2/c1-5-2-6(4-18-12(5)14)19-13(21)7-3-8(15)10(17)11(20)9(7)16/h2-4,20H,1H3,(H,19,21). The number of aromatic nitrogens is 1. The number of amides is 1. The summed E-state index contributed by atoms with van der Waals surface area (Å²) >= 11 is 5.71. The molecule has 110 valence electrons. The van der Waals surface area contributed by atoms with Crippen molar-refractivity contribution < 1.29 is 23.1 Å². The fourth-order valence-electron chi connectivity index (χ4n) is 1.58. The van der Waals surface area contributed by atoms with Crippen molar-refractivity contribution in [2.45, 2.75) is 6.92 Å². The first-order chi connectivity index (χ1) is 9.81. The summed E-state index contributed by atoms with van der Waals surface area (Å²) < 4.78 is 39.6. The van der Waals surface area contributed by atoms with Crippen LogP contribution in [0.2, 0.25) is 5.15 Å². The topological polar surface area (TPSA) is 62.2 Å². The highest BCUT2D eigenvalue weighted by molar-refractivity contribution is 6.30. The maximum Gasteiger partial charge on any atom is 0.258 e. The number of nitrogens with one attached hydrogen (secondary N) is 1. The van der Waals surface area contributed by atoms with Crippen LogP contribution in [0, 0.1) is 24.4 Å². The molecular weight excluding hydrogens is 309 g/mol. The Morgan fingerprint density at radius 1 is 1.29 bits per heavy atom. The van der Waals surface area contributed by atoms with Gasteiger partial charge in [-0.15, -0.1) is 0 Å². The van der Waals surface area contributed by atoms with Gasteiger partial charge in [-0.1, -0.05) is 11.6 Å². The van der Waals surface area contributed by atoms with Crippen LogP contribution in [0.5, 0.6) is 5.75 Å². The van der Waals surface area contributed by atoms with Gasteiger partial charge in [0.15, 0.2) is 17.4 Å². The van der Waals surface area contributed by atoms with E-state index in [4.69, 9.17) is 16.7 Å². The molecule has 2 aromatic rings. The summed E-state index contributed by atoms with van der Waals surface area (Å²) in [6, 6.07) is 1.82. The maximum atomic E-state index is 13.6. The number of carbonyl (C=O) groups is 1. The quantitative estimate of drug-likeness (QED) is 0.659. The third-order valence-electron chi connectivity index (χ3n) is 2.65. The molecule has 8 heteroatoms. The molecule has 0 spiro atoms. The van der Waals surface area contributed by atoms with Crippen molar-refractivity contribution in [2.24, 2.45) is 0 Å². The molecule has 1 heterocycles. The lowest BCUT2D eigenvalue weighted by molar-refractivity contribution is 0.102. The lowest BCUT2D eigenvalue weighted by Gasteiger charge is -2.08. The number of phenolic OH excluding ortho intramolecular Hbond substituents is 1. The van der Waals surface area contributed by atoms with Crippen molar-refractivity contribution >= 4 is 23.2 Å². The smallest absolute Gasteiger partial charge is 0.258 e. The van der Waals surface area contributed by atoms with Gasteiger partial charge in [-0.2, -0.15) is 4.39 Å². The summed E-state index contributed by atoms with van der Waals surface area (Å²) in [6.07, 6.45) is 1.21. The van der Waals surface area contributed by atoms with Crippen molar-refractivity contribution in [3.05, 3.63) is 52.1 Å². The Labute approximate surface area is 122 Å². The number of nitrogens with zero attached hydrogens (tertiary/aromatic N) is 1. The number of anilines is 1. The van der Waals surface area contributed by atoms with Gasteiger partial charge in [0.2, 0.25) is 5.82 Å². The van der Waals surface area contributed by atoms with Gasteiger partial charge >= 0.3 is 0 Å². The average Bonchev–Trinajstić information content (AvgIpc) is 2.44. The minimum atomic E-state index is -1.76. The fraction of sp³-hybridized carbons (Fsp3) is 0.0769. The molecule has 0 aliphatic carbocycles. The van der Waals surface area contributed by atoms with Crippen molar-refractivity contribution in [3.63, 3.8) is 0 Å². The lowest BCUT2D eigenvalue weighted by Crippen LogP contribution is -2.15. The molecule has 0 bridgehead atoms. The lowest BCUT2D eigenvalue weighted by atomic mass is 10.1. The van der Waals surface area contributed by atoms with Crippen LogP contribution in [0.15, 0.2) is 18.3 Å². The van der Waals surface area contributed by atoms with Crippen LogP contribution >= 0.6 is 11.6 Å². The zero-order valence-electron chi connectivity index (χ0n) is 10.5. The van der Waals surface area contributed by atoms with Crippen LogP contribution in [0.3, 0.4) is 0 Å². The summed E-state index contributed by atoms with van der Waals surface area (Å²) in [6.45, 7) is 1.63. The minimum absolute atomic E-state index is 0.186. The second-order valence-electron chi connectivity index (χ2n) is 4.17. The molecule has 21 heavy (non-hydrogen) atoms. The van der Waals surface area contributed by atoms with E-state index in [1.807, 2.05) is 0 Å². The van der Waals surface area contributed by atoms with E-state index in [1.54, 1.807) is 6.92 Å². The number of aryl methyl sites for hydroxylation is 1. The first-order valence-corrected chi connectivity index (χ1v) is 5.99. The number of phenols is 1. The van der Waals surface area contributed by atoms with Crippen molar-refractivity contribution in [1.29, 1.82) is 0 Å². The fourth-order valence-corrected chi connectivity index (χ4v) is 1.68. The number of aromatic hydroxyl groups is 1. The molecule has 1 aromatic carbocycles. The zero-order valence-corrected chi connectivity index (χ0v) is 11.3. The van der Waals surface area contributed by atoms with Crippen molar-refractivity contribution in [2.75, 3.05) is 5.32 Å². The molecular formula is C13H8ClF3N2O2. The normalized spacial score (nSPS) is 10.5. The summed E-state index contributed by atoms with van der Waals surface area (Å²) in [4.78, 5) is 15.6. The summed E-state index contributed by atoms with van der Waals surface area (Å²) in [5.74, 6) is -7.46. The first kappa shape index (κ1) is 15.1. The third kappa shape index (κ3) is 2.92. The molecule has 0 fully saturated rings. The third-order valence-corrected chi connectivity index (χ3v) is 3.05. The van der Waals surface area contributed by atoms with Crippen molar-refractivity contribution in [3.8, 4) is 5.75 Å². The van der Waals surface area contributed by atoms with E-state index >= 15 is 0 Å². The van der Waals surface area contributed by atoms with Crippen molar-refractivity contribution in [1.82, 2.24) is 4.98 Å². The highest BCUT2D eigenvalue weighted by Crippen LogP contribution is 2.26. The number of pyridine rings is 1. The Hall–Kier alpha value is -2.28. The molecule has 0 unspecified atom stereocenters. The molecule has 1 amide bonds. The predicted molar refractivity (Wildman–Crippen MR) is 69.9 cm³/mol. The Bertz CT molecular complexity index is 738. The van der Waals surface area contributed by atoms with E-state index < -0.39 is 34.7 Å². The molecule has 2 rings (SSSR count). The summed E-state index contributed by atoms with van der Waals surface area (Å²) in [5, 5.41) is 11.5. The zero-order chi connectivity index (χ0) is 15.7. The number of rotatable bonds is 2. The molecule has 0 atom stereocenters. The predicted octanol–water partition coefficient (Wildman–Crippen LogP) is 3.42. The van der Waals surface area contributed by atoms with E-state index in [0.717, 1.165) is 0 Å². The highest BCUT2D eigenvalue weighted by Gasteiger charge is 2.22. The molecule has 0 saturated heterocycles. The van der Waals surface area contributed by atoms with E-state index in [0.29, 0.717) is 11.6 Å². The molecule has 2 N–H and O–H groups in total. The molecule has 0 radical (unpaired) electrons. The van der Waals surface area contributed by atoms with Gasteiger partial charge in [-0.3, -0.25) is 4.79 Å². The highest BCUT2D eigenvalue weighted by atomic mass is 35.5. The van der Waals surface area contributed by atoms with E-state index in [-0.39, 0.29) is 10.8 Å². The second kappa shape index (κ2) is 5.61. The molecule has 4 nitrogen and oxygen atoms in total. The van der Waals surface area contributed by atoms with E-state index in [9.17, 15) is 18.0 Å². The average molecular weight is 317 g/mol. The number of benzene rings is 1. The van der Waals surface area contributed by atoms with E-state index in [2.05, 4.69) is 10.3 Å². The van der Waals surface area contributed by atoms with Gasteiger partial charge in [0, 0.05) is 0 Å². The van der Waals surface area contributed by atoms with Crippen LogP contribution < -0.4 is 5.32 Å². The van der Waals surface area contributed by atoms with Gasteiger partial charge < -0.3 is 10.4 Å². The Morgan fingerprint density at radius 3 is 2.57 bits per heavy atom. The molecule has 0 aliphatic heterocycles. The van der Waals surface area contributed by atoms with Crippen LogP contribution in [0.4, 0.5) is 18.9 Å². The first-order valence-electron chi connectivity index (χ1n) is 5.61. The Kier molecular flexibility index (Phi) is 4.04. The Balaban J connectivity index is 2.35. The summed E-state index contributed by atoms with van der Waals surface area (Å²) in [5.41, 5.74) is -0.0902. The van der Waals surface area contributed by atoms with Gasteiger partial charge in [-0.25, -0.2) is 13.8 Å². The van der Waals surface area contributed by atoms with Gasteiger partial charge in [0.1, 0.15) is 5.15 Å². The van der Waals surface area contributed by atoms with Crippen LogP contribution in [-0.2, 0) is 0 Å². The number of hydrogen-bond donors (Lipinski definition) is 2. The van der Waals surface area contributed by atoms with Gasteiger partial charge in [-0.05, 0) is 24.6 Å². The monoisotopic (exact) mass is 316 g/mol. The molecule has 1 aromatic heterocycles. The number of halogens is 4. The SMILES string of the molecule is Cc1cc(NC(=O)c2cc(F)c(F)c(O)c2F)cnc1Cl. The maximum absolute atomic E-state index is 13.6. The minimum Gasteiger partial charge on any atom is -0.503 e. The van der Waals surface area contributed by atoms with Crippen LogP contribution in [-0.4, -0.2) is 16.0 Å². The second-order valence-corrected chi connectivity index (χ2v) is 4.53. The van der Waals surface area contributed by atoms with Crippen LogP contribution in [0.1, 0.15) is 15.9 Å². The summed E-state index contributed by atoms with van der Waals surface area (Å²) in [7, 11) is 0. The molecule has 0 aliphatic rings.